The number of piperidine rings is 1. The molecule has 18 heavy (non-hydrogen) atoms. The van der Waals surface area contributed by atoms with E-state index in [0.717, 1.165) is 25.1 Å². The number of ether oxygens (including phenoxy) is 2. The van der Waals surface area contributed by atoms with Crippen LogP contribution in [-0.4, -0.2) is 27.3 Å². The number of methoxy groups -OCH3 is 2. The van der Waals surface area contributed by atoms with Crippen LogP contribution in [0.1, 0.15) is 18.4 Å². The second kappa shape index (κ2) is 6.05. The Labute approximate surface area is 107 Å². The lowest BCUT2D eigenvalue weighted by atomic mass is 9.91. The summed E-state index contributed by atoms with van der Waals surface area (Å²) in [7, 11) is 3.13. The summed E-state index contributed by atoms with van der Waals surface area (Å²) in [5, 5.41) is 3.39. The van der Waals surface area contributed by atoms with E-state index in [1.807, 2.05) is 0 Å². The van der Waals surface area contributed by atoms with Crippen LogP contribution in [0.4, 0.5) is 4.39 Å². The fourth-order valence-electron chi connectivity index (χ4n) is 2.54. The molecule has 1 heterocycles. The molecule has 1 N–H and O–H groups in total. The summed E-state index contributed by atoms with van der Waals surface area (Å²) in [5.41, 5.74) is 0.968. The molecule has 2 rings (SSSR count). The number of halogens is 1. The predicted octanol–water partition coefficient (Wildman–Crippen LogP) is 2.39. The zero-order chi connectivity index (χ0) is 13.0. The number of nitrogens with one attached hydrogen (secondary N) is 1. The lowest BCUT2D eigenvalue weighted by Crippen LogP contribution is -2.31. The van der Waals surface area contributed by atoms with E-state index in [-0.39, 0.29) is 5.82 Å². The second-order valence-electron chi connectivity index (χ2n) is 4.71. The smallest absolute Gasteiger partial charge is 0.130 e. The van der Waals surface area contributed by atoms with E-state index >= 15 is 0 Å². The molecule has 0 amide bonds. The van der Waals surface area contributed by atoms with Crippen molar-refractivity contribution in [3.05, 3.63) is 23.5 Å². The Balaban J connectivity index is 2.23. The molecule has 1 aromatic carbocycles. The molecule has 0 bridgehead atoms. The zero-order valence-corrected chi connectivity index (χ0v) is 11.0. The molecule has 1 atom stereocenters. The Kier molecular flexibility index (Phi) is 4.42. The number of hydrogen-bond donors (Lipinski definition) is 1. The first-order valence-corrected chi connectivity index (χ1v) is 6.35. The SMILES string of the molecule is COc1cc(F)cc(OC)c1CC1CCCNC1. The van der Waals surface area contributed by atoms with E-state index in [4.69, 9.17) is 9.47 Å². The van der Waals surface area contributed by atoms with Gasteiger partial charge in [0.15, 0.2) is 0 Å². The lowest BCUT2D eigenvalue weighted by Gasteiger charge is -2.24. The molecule has 0 spiro atoms. The third kappa shape index (κ3) is 2.93. The third-order valence-electron chi connectivity index (χ3n) is 3.46. The minimum absolute atomic E-state index is 0.325. The Morgan fingerprint density at radius 3 is 2.44 bits per heavy atom. The van der Waals surface area contributed by atoms with Gasteiger partial charge < -0.3 is 14.8 Å². The van der Waals surface area contributed by atoms with E-state index in [1.54, 1.807) is 14.2 Å². The summed E-state index contributed by atoms with van der Waals surface area (Å²) < 4.78 is 23.9. The number of benzene rings is 1. The Hall–Kier alpha value is -1.29. The van der Waals surface area contributed by atoms with Crippen LogP contribution in [0.5, 0.6) is 11.5 Å². The van der Waals surface area contributed by atoms with Gasteiger partial charge in [-0.05, 0) is 38.3 Å². The van der Waals surface area contributed by atoms with Gasteiger partial charge in [-0.3, -0.25) is 0 Å². The van der Waals surface area contributed by atoms with Crippen molar-refractivity contribution in [2.75, 3.05) is 27.3 Å². The predicted molar refractivity (Wildman–Crippen MR) is 68.8 cm³/mol. The van der Waals surface area contributed by atoms with Gasteiger partial charge in [0.1, 0.15) is 17.3 Å². The van der Waals surface area contributed by atoms with Gasteiger partial charge in [0, 0.05) is 17.7 Å². The van der Waals surface area contributed by atoms with E-state index in [9.17, 15) is 4.39 Å². The highest BCUT2D eigenvalue weighted by Crippen LogP contribution is 2.33. The van der Waals surface area contributed by atoms with E-state index in [2.05, 4.69) is 5.32 Å². The first-order chi connectivity index (χ1) is 8.74. The third-order valence-corrected chi connectivity index (χ3v) is 3.46. The van der Waals surface area contributed by atoms with Gasteiger partial charge in [0.2, 0.25) is 0 Å². The normalized spacial score (nSPS) is 19.6. The Morgan fingerprint density at radius 1 is 1.28 bits per heavy atom. The zero-order valence-electron chi connectivity index (χ0n) is 11.0. The van der Waals surface area contributed by atoms with Gasteiger partial charge in [0.05, 0.1) is 14.2 Å². The maximum absolute atomic E-state index is 13.4. The van der Waals surface area contributed by atoms with Crippen LogP contribution in [0.3, 0.4) is 0 Å². The molecule has 1 fully saturated rings. The molecule has 1 aromatic rings. The highest BCUT2D eigenvalue weighted by molar-refractivity contribution is 5.45. The molecule has 1 aliphatic heterocycles. The van der Waals surface area contributed by atoms with E-state index in [0.29, 0.717) is 17.4 Å². The van der Waals surface area contributed by atoms with Crippen molar-refractivity contribution in [1.82, 2.24) is 5.32 Å². The summed E-state index contributed by atoms with van der Waals surface area (Å²) in [6.07, 6.45) is 3.24. The van der Waals surface area contributed by atoms with E-state index in [1.165, 1.54) is 25.0 Å². The summed E-state index contributed by atoms with van der Waals surface area (Å²) >= 11 is 0. The quantitative estimate of drug-likeness (QED) is 0.893. The second-order valence-corrected chi connectivity index (χ2v) is 4.71. The van der Waals surface area contributed by atoms with Crippen molar-refractivity contribution in [1.29, 1.82) is 0 Å². The summed E-state index contributed by atoms with van der Waals surface area (Å²) in [5.74, 6) is 1.40. The van der Waals surface area contributed by atoms with Crippen molar-refractivity contribution >= 4 is 0 Å². The molecule has 3 nitrogen and oxygen atoms in total. The average Bonchev–Trinajstić information content (AvgIpc) is 2.41. The highest BCUT2D eigenvalue weighted by Gasteiger charge is 2.19. The first-order valence-electron chi connectivity index (χ1n) is 6.35. The molecule has 1 saturated heterocycles. The van der Waals surface area contributed by atoms with Crippen molar-refractivity contribution in [2.45, 2.75) is 19.3 Å². The fourth-order valence-corrected chi connectivity index (χ4v) is 2.54. The standard InChI is InChI=1S/C14H20FNO2/c1-17-13-7-11(15)8-14(18-2)12(13)6-10-4-3-5-16-9-10/h7-8,10,16H,3-6,9H2,1-2H3. The minimum atomic E-state index is -0.325. The molecule has 4 heteroatoms. The van der Waals surface area contributed by atoms with E-state index < -0.39 is 0 Å². The van der Waals surface area contributed by atoms with Gasteiger partial charge in [-0.15, -0.1) is 0 Å². The van der Waals surface area contributed by atoms with Gasteiger partial charge in [0.25, 0.3) is 0 Å². The van der Waals surface area contributed by atoms with Crippen molar-refractivity contribution in [3.63, 3.8) is 0 Å². The molecule has 0 aromatic heterocycles. The van der Waals surface area contributed by atoms with Gasteiger partial charge in [-0.1, -0.05) is 0 Å². The van der Waals surface area contributed by atoms with Crippen LogP contribution in [-0.2, 0) is 6.42 Å². The van der Waals surface area contributed by atoms with Crippen LogP contribution < -0.4 is 14.8 Å². The Morgan fingerprint density at radius 2 is 1.94 bits per heavy atom. The van der Waals surface area contributed by atoms with Gasteiger partial charge >= 0.3 is 0 Å². The monoisotopic (exact) mass is 253 g/mol. The molecule has 0 radical (unpaired) electrons. The van der Waals surface area contributed by atoms with Crippen molar-refractivity contribution in [2.24, 2.45) is 5.92 Å². The summed E-state index contributed by atoms with van der Waals surface area (Å²) in [6.45, 7) is 2.10. The molecular weight excluding hydrogens is 233 g/mol. The number of hydrogen-bond acceptors (Lipinski definition) is 3. The highest BCUT2D eigenvalue weighted by atomic mass is 19.1. The molecule has 0 saturated carbocycles. The minimum Gasteiger partial charge on any atom is -0.496 e. The first kappa shape index (κ1) is 13.1. The summed E-state index contributed by atoms with van der Waals surface area (Å²) in [4.78, 5) is 0. The van der Waals surface area contributed by atoms with Crippen LogP contribution in [0.2, 0.25) is 0 Å². The molecule has 0 aliphatic carbocycles. The largest absolute Gasteiger partial charge is 0.496 e. The maximum Gasteiger partial charge on any atom is 0.130 e. The Bertz CT molecular complexity index is 378. The van der Waals surface area contributed by atoms with Crippen molar-refractivity contribution in [3.8, 4) is 11.5 Å². The maximum atomic E-state index is 13.4. The van der Waals surface area contributed by atoms with Crippen LogP contribution in [0, 0.1) is 11.7 Å². The summed E-state index contributed by atoms with van der Waals surface area (Å²) in [6, 6.07) is 2.85. The topological polar surface area (TPSA) is 30.5 Å². The molecule has 100 valence electrons. The molecule has 1 aliphatic rings. The molecule has 1 unspecified atom stereocenters. The average molecular weight is 253 g/mol. The van der Waals surface area contributed by atoms with Gasteiger partial charge in [-0.2, -0.15) is 0 Å². The molecular formula is C14H20FNO2. The van der Waals surface area contributed by atoms with Crippen LogP contribution >= 0.6 is 0 Å². The number of rotatable bonds is 4. The van der Waals surface area contributed by atoms with Crippen LogP contribution in [0.15, 0.2) is 12.1 Å². The van der Waals surface area contributed by atoms with Gasteiger partial charge in [-0.25, -0.2) is 4.39 Å². The lowest BCUT2D eigenvalue weighted by molar-refractivity contribution is 0.347. The fraction of sp³-hybridized carbons (Fsp3) is 0.571. The van der Waals surface area contributed by atoms with Crippen LogP contribution in [0.25, 0.3) is 0 Å². The van der Waals surface area contributed by atoms with Crippen molar-refractivity contribution < 1.29 is 13.9 Å².